The fourth-order valence-corrected chi connectivity index (χ4v) is 2.73. The van der Waals surface area contributed by atoms with Gasteiger partial charge in [-0.3, -0.25) is 9.59 Å². The van der Waals surface area contributed by atoms with Crippen LogP contribution in [0.3, 0.4) is 0 Å². The predicted molar refractivity (Wildman–Crippen MR) is 79.6 cm³/mol. The number of aryl methyl sites for hydroxylation is 2. The van der Waals surface area contributed by atoms with Crippen LogP contribution in [0.2, 0.25) is 0 Å². The van der Waals surface area contributed by atoms with Gasteiger partial charge < -0.3 is 9.32 Å². The van der Waals surface area contributed by atoms with Gasteiger partial charge in [-0.1, -0.05) is 0 Å². The number of anilines is 1. The van der Waals surface area contributed by atoms with E-state index in [1.807, 2.05) is 19.1 Å². The Hall–Kier alpha value is -2.36. The van der Waals surface area contributed by atoms with E-state index in [1.54, 1.807) is 30.0 Å². The average molecular weight is 283 g/mol. The van der Waals surface area contributed by atoms with Gasteiger partial charge in [-0.15, -0.1) is 0 Å². The second kappa shape index (κ2) is 5.20. The highest BCUT2D eigenvalue weighted by molar-refractivity contribution is 6.10. The van der Waals surface area contributed by atoms with Gasteiger partial charge in [-0.2, -0.15) is 0 Å². The molecule has 3 rings (SSSR count). The topological polar surface area (TPSA) is 50.5 Å². The number of carbonyl (C=O) groups excluding carboxylic acids is 2. The average Bonchev–Trinajstić information content (AvgIpc) is 3.04. The van der Waals surface area contributed by atoms with Gasteiger partial charge >= 0.3 is 0 Å². The van der Waals surface area contributed by atoms with Crippen LogP contribution in [0.5, 0.6) is 0 Å². The monoisotopic (exact) mass is 283 g/mol. The summed E-state index contributed by atoms with van der Waals surface area (Å²) >= 11 is 0. The zero-order chi connectivity index (χ0) is 15.0. The van der Waals surface area contributed by atoms with Crippen LogP contribution >= 0.6 is 0 Å². The summed E-state index contributed by atoms with van der Waals surface area (Å²) in [5, 5.41) is 0. The number of hydrogen-bond acceptors (Lipinski definition) is 3. The number of ketones is 1. The Kier molecular flexibility index (Phi) is 3.37. The van der Waals surface area contributed by atoms with Gasteiger partial charge in [-0.05, 0) is 50.6 Å². The Morgan fingerprint density at radius 2 is 1.90 bits per heavy atom. The van der Waals surface area contributed by atoms with Gasteiger partial charge in [0, 0.05) is 24.2 Å². The molecule has 0 atom stereocenters. The zero-order valence-electron chi connectivity index (χ0n) is 12.2. The van der Waals surface area contributed by atoms with Crippen molar-refractivity contribution in [1.29, 1.82) is 0 Å². The lowest BCUT2D eigenvalue weighted by Gasteiger charge is -2.15. The molecule has 1 aromatic heterocycles. The molecule has 1 fully saturated rings. The first-order chi connectivity index (χ1) is 10.1. The summed E-state index contributed by atoms with van der Waals surface area (Å²) in [5.74, 6) is 1.46. The summed E-state index contributed by atoms with van der Waals surface area (Å²) in [5.41, 5.74) is 2.06. The summed E-state index contributed by atoms with van der Waals surface area (Å²) in [4.78, 5) is 25.9. The number of nitrogens with zero attached hydrogens (tertiary/aromatic N) is 1. The van der Waals surface area contributed by atoms with Gasteiger partial charge in [0.2, 0.25) is 5.91 Å². The summed E-state index contributed by atoms with van der Waals surface area (Å²) < 4.78 is 5.40. The second-order valence-corrected chi connectivity index (χ2v) is 5.35. The fraction of sp³-hybridized carbons (Fsp3) is 0.294. The fourth-order valence-electron chi connectivity index (χ4n) is 2.73. The van der Waals surface area contributed by atoms with Gasteiger partial charge in [0.05, 0.1) is 5.56 Å². The lowest BCUT2D eigenvalue weighted by Crippen LogP contribution is -2.23. The highest BCUT2D eigenvalue weighted by Crippen LogP contribution is 2.23. The minimum absolute atomic E-state index is 0.0522. The van der Waals surface area contributed by atoms with Crippen LogP contribution in [0.1, 0.15) is 40.3 Å². The number of furan rings is 1. The molecule has 1 amide bonds. The summed E-state index contributed by atoms with van der Waals surface area (Å²) in [7, 11) is 0. The molecule has 0 bridgehead atoms. The Morgan fingerprint density at radius 1 is 1.19 bits per heavy atom. The summed E-state index contributed by atoms with van der Waals surface area (Å²) in [6.45, 7) is 4.37. The van der Waals surface area contributed by atoms with Crippen molar-refractivity contribution in [3.63, 3.8) is 0 Å². The van der Waals surface area contributed by atoms with E-state index in [2.05, 4.69) is 0 Å². The molecule has 0 spiro atoms. The van der Waals surface area contributed by atoms with Gasteiger partial charge in [0.25, 0.3) is 0 Å². The Labute approximate surface area is 123 Å². The highest BCUT2D eigenvalue weighted by Gasteiger charge is 2.22. The molecule has 1 saturated heterocycles. The lowest BCUT2D eigenvalue weighted by molar-refractivity contribution is -0.117. The molecule has 1 aliphatic heterocycles. The van der Waals surface area contributed by atoms with Crippen LogP contribution in [0, 0.1) is 13.8 Å². The maximum absolute atomic E-state index is 12.4. The molecule has 21 heavy (non-hydrogen) atoms. The van der Waals surface area contributed by atoms with Crippen LogP contribution in [0.25, 0.3) is 0 Å². The maximum atomic E-state index is 12.4. The molecule has 1 aliphatic rings. The molecule has 2 aromatic rings. The SMILES string of the molecule is Cc1cc(C(=O)c2ccc(N3CCCC3=O)cc2)c(C)o1. The third-order valence-corrected chi connectivity index (χ3v) is 3.80. The zero-order valence-corrected chi connectivity index (χ0v) is 12.2. The van der Waals surface area contributed by atoms with Gasteiger partial charge in [0.1, 0.15) is 11.5 Å². The van der Waals surface area contributed by atoms with Gasteiger partial charge in [-0.25, -0.2) is 0 Å². The molecule has 0 N–H and O–H groups in total. The predicted octanol–water partition coefficient (Wildman–Crippen LogP) is 3.25. The molecule has 0 aliphatic carbocycles. The van der Waals surface area contributed by atoms with E-state index in [-0.39, 0.29) is 11.7 Å². The smallest absolute Gasteiger partial charge is 0.227 e. The van der Waals surface area contributed by atoms with E-state index in [0.29, 0.717) is 23.3 Å². The Bertz CT molecular complexity index is 697. The van der Waals surface area contributed by atoms with Crippen molar-refractivity contribution in [3.8, 4) is 0 Å². The Morgan fingerprint density at radius 3 is 2.43 bits per heavy atom. The number of amides is 1. The standard InChI is InChI=1S/C17H17NO3/c1-11-10-15(12(2)21-11)17(20)13-5-7-14(8-6-13)18-9-3-4-16(18)19/h5-8,10H,3-4,9H2,1-2H3. The normalized spacial score (nSPS) is 14.8. The molecule has 4 heteroatoms. The minimum Gasteiger partial charge on any atom is -0.466 e. The number of carbonyl (C=O) groups is 2. The maximum Gasteiger partial charge on any atom is 0.227 e. The van der Waals surface area contributed by atoms with Crippen molar-refractivity contribution < 1.29 is 14.0 Å². The molecule has 0 unspecified atom stereocenters. The second-order valence-electron chi connectivity index (χ2n) is 5.35. The molecule has 2 heterocycles. The van der Waals surface area contributed by atoms with Crippen LogP contribution in [0.4, 0.5) is 5.69 Å². The lowest BCUT2D eigenvalue weighted by atomic mass is 10.0. The molecule has 0 radical (unpaired) electrons. The number of benzene rings is 1. The largest absolute Gasteiger partial charge is 0.466 e. The summed E-state index contributed by atoms with van der Waals surface area (Å²) in [6.07, 6.45) is 1.50. The van der Waals surface area contributed by atoms with E-state index < -0.39 is 0 Å². The van der Waals surface area contributed by atoms with Crippen molar-refractivity contribution in [1.82, 2.24) is 0 Å². The molecule has 108 valence electrons. The molecule has 0 saturated carbocycles. The molecular weight excluding hydrogens is 266 g/mol. The van der Waals surface area contributed by atoms with Crippen molar-refractivity contribution in [3.05, 3.63) is 53.0 Å². The van der Waals surface area contributed by atoms with Crippen molar-refractivity contribution in [2.75, 3.05) is 11.4 Å². The Balaban J connectivity index is 1.85. The summed E-state index contributed by atoms with van der Waals surface area (Å²) in [6, 6.07) is 8.96. The van der Waals surface area contributed by atoms with Crippen LogP contribution in [-0.2, 0) is 4.79 Å². The number of hydrogen-bond donors (Lipinski definition) is 0. The van der Waals surface area contributed by atoms with Crippen LogP contribution in [-0.4, -0.2) is 18.2 Å². The van der Waals surface area contributed by atoms with Gasteiger partial charge in [0.15, 0.2) is 5.78 Å². The number of rotatable bonds is 3. The van der Waals surface area contributed by atoms with Crippen LogP contribution in [0.15, 0.2) is 34.7 Å². The first-order valence-electron chi connectivity index (χ1n) is 7.08. The first-order valence-corrected chi connectivity index (χ1v) is 7.08. The minimum atomic E-state index is -0.0522. The van der Waals surface area contributed by atoms with E-state index in [0.717, 1.165) is 24.4 Å². The third-order valence-electron chi connectivity index (χ3n) is 3.80. The first kappa shape index (κ1) is 13.6. The van der Waals surface area contributed by atoms with E-state index >= 15 is 0 Å². The molecule has 4 nitrogen and oxygen atoms in total. The highest BCUT2D eigenvalue weighted by atomic mass is 16.3. The van der Waals surface area contributed by atoms with E-state index in [1.165, 1.54) is 0 Å². The molecular formula is C17H17NO3. The quantitative estimate of drug-likeness (QED) is 0.812. The third kappa shape index (κ3) is 2.49. The van der Waals surface area contributed by atoms with Crippen LogP contribution < -0.4 is 4.90 Å². The van der Waals surface area contributed by atoms with E-state index in [4.69, 9.17) is 4.42 Å². The van der Waals surface area contributed by atoms with Crippen molar-refractivity contribution in [2.24, 2.45) is 0 Å². The van der Waals surface area contributed by atoms with Crippen molar-refractivity contribution in [2.45, 2.75) is 26.7 Å². The molecule has 1 aromatic carbocycles. The van der Waals surface area contributed by atoms with Crippen molar-refractivity contribution >= 4 is 17.4 Å². The van der Waals surface area contributed by atoms with E-state index in [9.17, 15) is 9.59 Å².